The molecule has 0 spiro atoms. The standard InChI is InChI=1S/C17H19Cl2NO3/c1-4-20(10-12(2)3)16(21)11-23-17(22)8-6-13-5-7-14(18)15(19)9-13/h5-9H,2,4,10-11H2,1,3H3/b8-6+. The van der Waals surface area contributed by atoms with Gasteiger partial charge in [-0.15, -0.1) is 0 Å². The molecule has 1 aromatic carbocycles. The summed E-state index contributed by atoms with van der Waals surface area (Å²) in [5.41, 5.74) is 1.58. The highest BCUT2D eigenvalue weighted by molar-refractivity contribution is 6.42. The zero-order valence-electron chi connectivity index (χ0n) is 13.1. The predicted molar refractivity (Wildman–Crippen MR) is 93.5 cm³/mol. The van der Waals surface area contributed by atoms with E-state index in [2.05, 4.69) is 6.58 Å². The van der Waals surface area contributed by atoms with Crippen LogP contribution in [0.3, 0.4) is 0 Å². The van der Waals surface area contributed by atoms with Crippen molar-refractivity contribution in [1.82, 2.24) is 4.90 Å². The summed E-state index contributed by atoms with van der Waals surface area (Å²) in [5, 5.41) is 0.838. The smallest absolute Gasteiger partial charge is 0.331 e. The summed E-state index contributed by atoms with van der Waals surface area (Å²) < 4.78 is 4.94. The molecule has 0 bridgehead atoms. The van der Waals surface area contributed by atoms with E-state index in [0.29, 0.717) is 28.7 Å². The lowest BCUT2D eigenvalue weighted by molar-refractivity contribution is -0.147. The van der Waals surface area contributed by atoms with E-state index < -0.39 is 5.97 Å². The summed E-state index contributed by atoms with van der Waals surface area (Å²) in [4.78, 5) is 25.1. The van der Waals surface area contributed by atoms with Gasteiger partial charge in [-0.2, -0.15) is 0 Å². The molecule has 0 heterocycles. The summed E-state index contributed by atoms with van der Waals surface area (Å²) >= 11 is 11.7. The number of carbonyl (C=O) groups is 2. The highest BCUT2D eigenvalue weighted by Gasteiger charge is 2.13. The summed E-state index contributed by atoms with van der Waals surface area (Å²) in [6.07, 6.45) is 2.78. The summed E-state index contributed by atoms with van der Waals surface area (Å²) in [7, 11) is 0. The van der Waals surface area contributed by atoms with Gasteiger partial charge in [0.25, 0.3) is 5.91 Å². The normalized spacial score (nSPS) is 10.6. The van der Waals surface area contributed by atoms with Crippen molar-refractivity contribution in [2.24, 2.45) is 0 Å². The van der Waals surface area contributed by atoms with Gasteiger partial charge in [-0.05, 0) is 37.6 Å². The number of hydrogen-bond donors (Lipinski definition) is 0. The maximum atomic E-state index is 11.9. The van der Waals surface area contributed by atoms with Crippen molar-refractivity contribution in [3.05, 3.63) is 52.0 Å². The number of rotatable bonds is 7. The summed E-state index contributed by atoms with van der Waals surface area (Å²) in [6.45, 7) is 8.13. The van der Waals surface area contributed by atoms with Gasteiger partial charge in [0.15, 0.2) is 6.61 Å². The lowest BCUT2D eigenvalue weighted by Crippen LogP contribution is -2.35. The molecule has 0 atom stereocenters. The zero-order valence-corrected chi connectivity index (χ0v) is 14.7. The number of ether oxygens (including phenoxy) is 1. The van der Waals surface area contributed by atoms with E-state index in [9.17, 15) is 9.59 Å². The summed E-state index contributed by atoms with van der Waals surface area (Å²) in [6, 6.07) is 4.98. The van der Waals surface area contributed by atoms with E-state index in [1.54, 1.807) is 29.2 Å². The second-order valence-corrected chi connectivity index (χ2v) is 5.79. The van der Waals surface area contributed by atoms with Gasteiger partial charge in [-0.25, -0.2) is 4.79 Å². The molecule has 0 fully saturated rings. The van der Waals surface area contributed by atoms with Crippen molar-refractivity contribution in [3.63, 3.8) is 0 Å². The Balaban J connectivity index is 2.52. The first-order valence-electron chi connectivity index (χ1n) is 7.05. The fourth-order valence-electron chi connectivity index (χ4n) is 1.75. The SMILES string of the molecule is C=C(C)CN(CC)C(=O)COC(=O)/C=C/c1ccc(Cl)c(Cl)c1. The third-order valence-electron chi connectivity index (χ3n) is 2.89. The second kappa shape index (κ2) is 9.38. The van der Waals surface area contributed by atoms with Gasteiger partial charge >= 0.3 is 5.97 Å². The molecule has 0 aliphatic carbocycles. The van der Waals surface area contributed by atoms with Gasteiger partial charge in [0.1, 0.15) is 0 Å². The monoisotopic (exact) mass is 355 g/mol. The maximum absolute atomic E-state index is 11.9. The fraction of sp³-hybridized carbons (Fsp3) is 0.294. The van der Waals surface area contributed by atoms with Crippen molar-refractivity contribution in [1.29, 1.82) is 0 Å². The number of hydrogen-bond acceptors (Lipinski definition) is 3. The number of carbonyl (C=O) groups excluding carboxylic acids is 2. The fourth-order valence-corrected chi connectivity index (χ4v) is 2.06. The molecular formula is C17H19Cl2NO3. The average molecular weight is 356 g/mol. The Morgan fingerprint density at radius 2 is 2.00 bits per heavy atom. The van der Waals surface area contributed by atoms with Crippen LogP contribution >= 0.6 is 23.2 Å². The van der Waals surface area contributed by atoms with Crippen LogP contribution in [0.5, 0.6) is 0 Å². The van der Waals surface area contributed by atoms with Crippen LogP contribution < -0.4 is 0 Å². The number of esters is 1. The Morgan fingerprint density at radius 3 is 2.57 bits per heavy atom. The molecule has 0 aliphatic rings. The van der Waals surface area contributed by atoms with Crippen LogP contribution in [0.1, 0.15) is 19.4 Å². The minimum Gasteiger partial charge on any atom is -0.452 e. The largest absolute Gasteiger partial charge is 0.452 e. The van der Waals surface area contributed by atoms with Crippen molar-refractivity contribution in [2.75, 3.05) is 19.7 Å². The Labute approximate surface area is 146 Å². The van der Waals surface area contributed by atoms with Crippen LogP contribution in [-0.2, 0) is 14.3 Å². The Morgan fingerprint density at radius 1 is 1.30 bits per heavy atom. The van der Waals surface area contributed by atoms with Crippen LogP contribution in [0.15, 0.2) is 36.4 Å². The first-order valence-corrected chi connectivity index (χ1v) is 7.81. The first kappa shape index (κ1) is 19.3. The number of halogens is 2. The second-order valence-electron chi connectivity index (χ2n) is 4.98. The molecule has 1 aromatic rings. The van der Waals surface area contributed by atoms with Crippen molar-refractivity contribution in [3.8, 4) is 0 Å². The Kier molecular flexibility index (Phi) is 7.86. The lowest BCUT2D eigenvalue weighted by atomic mass is 10.2. The van der Waals surface area contributed by atoms with E-state index in [1.807, 2.05) is 13.8 Å². The van der Waals surface area contributed by atoms with Crippen molar-refractivity contribution < 1.29 is 14.3 Å². The Bertz CT molecular complexity index is 626. The quantitative estimate of drug-likeness (QED) is 0.422. The molecule has 1 rings (SSSR count). The van der Waals surface area contributed by atoms with Gasteiger partial charge < -0.3 is 9.64 Å². The molecule has 4 nitrogen and oxygen atoms in total. The van der Waals surface area contributed by atoms with Gasteiger partial charge in [0, 0.05) is 19.2 Å². The molecule has 124 valence electrons. The lowest BCUT2D eigenvalue weighted by Gasteiger charge is -2.20. The van der Waals surface area contributed by atoms with E-state index >= 15 is 0 Å². The van der Waals surface area contributed by atoms with Gasteiger partial charge in [-0.3, -0.25) is 4.79 Å². The van der Waals surface area contributed by atoms with Gasteiger partial charge in [0.2, 0.25) is 0 Å². The third-order valence-corrected chi connectivity index (χ3v) is 3.63. The van der Waals surface area contributed by atoms with Crippen LogP contribution in [0, 0.1) is 0 Å². The topological polar surface area (TPSA) is 46.6 Å². The molecule has 0 unspecified atom stereocenters. The Hall–Kier alpha value is -1.78. The molecule has 6 heteroatoms. The molecule has 0 radical (unpaired) electrons. The number of nitrogens with zero attached hydrogens (tertiary/aromatic N) is 1. The van der Waals surface area contributed by atoms with Crippen molar-refractivity contribution >= 4 is 41.2 Å². The highest BCUT2D eigenvalue weighted by Crippen LogP contribution is 2.23. The average Bonchev–Trinajstić information content (AvgIpc) is 2.51. The third kappa shape index (κ3) is 6.89. The molecule has 0 N–H and O–H groups in total. The minimum absolute atomic E-state index is 0.258. The highest BCUT2D eigenvalue weighted by atomic mass is 35.5. The van der Waals surface area contributed by atoms with Crippen LogP contribution in [0.2, 0.25) is 10.0 Å². The van der Waals surface area contributed by atoms with Crippen LogP contribution in [-0.4, -0.2) is 36.5 Å². The number of likely N-dealkylation sites (N-methyl/N-ethyl adjacent to an activating group) is 1. The van der Waals surface area contributed by atoms with Gasteiger partial charge in [-0.1, -0.05) is 41.4 Å². The maximum Gasteiger partial charge on any atom is 0.331 e. The van der Waals surface area contributed by atoms with Gasteiger partial charge in [0.05, 0.1) is 10.0 Å². The number of benzene rings is 1. The molecule has 0 saturated heterocycles. The number of amides is 1. The molecule has 23 heavy (non-hydrogen) atoms. The summed E-state index contributed by atoms with van der Waals surface area (Å²) in [5.74, 6) is -0.859. The van der Waals surface area contributed by atoms with E-state index in [-0.39, 0.29) is 12.5 Å². The first-order chi connectivity index (χ1) is 10.8. The van der Waals surface area contributed by atoms with E-state index in [4.69, 9.17) is 27.9 Å². The van der Waals surface area contributed by atoms with E-state index in [1.165, 1.54) is 6.08 Å². The van der Waals surface area contributed by atoms with Crippen molar-refractivity contribution in [2.45, 2.75) is 13.8 Å². The molecular weight excluding hydrogens is 337 g/mol. The zero-order chi connectivity index (χ0) is 17.4. The molecule has 1 amide bonds. The molecule has 0 saturated carbocycles. The minimum atomic E-state index is -0.601. The predicted octanol–water partition coefficient (Wildman–Crippen LogP) is 3.97. The van der Waals surface area contributed by atoms with Crippen LogP contribution in [0.25, 0.3) is 6.08 Å². The molecule has 0 aliphatic heterocycles. The van der Waals surface area contributed by atoms with Crippen LogP contribution in [0.4, 0.5) is 0 Å². The van der Waals surface area contributed by atoms with E-state index in [0.717, 1.165) is 5.57 Å². The molecule has 0 aromatic heterocycles.